The maximum Gasteiger partial charge on any atom is 0.166 e. The Morgan fingerprint density at radius 3 is 2.79 bits per heavy atom. The highest BCUT2D eigenvalue weighted by molar-refractivity contribution is 6.16. The highest BCUT2D eigenvalue weighted by atomic mass is 35.5. The van der Waals surface area contributed by atoms with E-state index >= 15 is 0 Å². The van der Waals surface area contributed by atoms with Crippen LogP contribution in [0.15, 0.2) is 0 Å². The zero-order chi connectivity index (χ0) is 10.6. The predicted molar refractivity (Wildman–Crippen MR) is 53.1 cm³/mol. The van der Waals surface area contributed by atoms with Crippen LogP contribution >= 0.6 is 11.6 Å². The van der Waals surface area contributed by atoms with Gasteiger partial charge in [-0.25, -0.2) is 4.68 Å². The van der Waals surface area contributed by atoms with Gasteiger partial charge in [-0.2, -0.15) is 0 Å². The molecular weight excluding hydrogens is 204 g/mol. The van der Waals surface area contributed by atoms with E-state index < -0.39 is 0 Å². The van der Waals surface area contributed by atoms with Crippen molar-refractivity contribution in [1.82, 2.24) is 20.2 Å². The summed E-state index contributed by atoms with van der Waals surface area (Å²) in [5, 5.41) is 11.2. The molecule has 0 fully saturated rings. The number of nitrogens with zero attached hydrogens (tertiary/aromatic N) is 4. The minimum Gasteiger partial charge on any atom is -0.374 e. The average Bonchev–Trinajstić information content (AvgIpc) is 2.50. The van der Waals surface area contributed by atoms with Crippen LogP contribution in [0, 0.1) is 0 Å². The van der Waals surface area contributed by atoms with E-state index in [0.717, 1.165) is 0 Å². The van der Waals surface area contributed by atoms with Crippen LogP contribution in [0.4, 0.5) is 0 Å². The first kappa shape index (κ1) is 11.4. The first-order valence-corrected chi connectivity index (χ1v) is 5.07. The van der Waals surface area contributed by atoms with Crippen LogP contribution in [-0.2, 0) is 17.2 Å². The van der Waals surface area contributed by atoms with E-state index in [-0.39, 0.29) is 5.60 Å². The minimum atomic E-state index is -0.273. The molecule has 80 valence electrons. The average molecular weight is 219 g/mol. The zero-order valence-corrected chi connectivity index (χ0v) is 9.45. The molecule has 0 unspecified atom stereocenters. The molecule has 0 aliphatic rings. The quantitative estimate of drug-likeness (QED) is 0.698. The molecule has 0 saturated carbocycles. The van der Waals surface area contributed by atoms with Gasteiger partial charge in [0.25, 0.3) is 0 Å². The van der Waals surface area contributed by atoms with Gasteiger partial charge >= 0.3 is 0 Å². The number of hydrogen-bond acceptors (Lipinski definition) is 4. The van der Waals surface area contributed by atoms with Crippen LogP contribution in [0.1, 0.15) is 26.6 Å². The lowest BCUT2D eigenvalue weighted by Crippen LogP contribution is -2.31. The molecule has 0 amide bonds. The van der Waals surface area contributed by atoms with Crippen LogP contribution in [0.25, 0.3) is 0 Å². The van der Waals surface area contributed by atoms with Gasteiger partial charge in [-0.3, -0.25) is 0 Å². The maximum atomic E-state index is 5.68. The zero-order valence-electron chi connectivity index (χ0n) is 8.70. The molecule has 1 aromatic heterocycles. The number of tetrazole rings is 1. The van der Waals surface area contributed by atoms with E-state index in [1.165, 1.54) is 0 Å². The molecule has 0 aromatic carbocycles. The lowest BCUT2D eigenvalue weighted by atomic mass is 10.1. The Morgan fingerprint density at radius 2 is 2.21 bits per heavy atom. The third kappa shape index (κ3) is 2.92. The van der Waals surface area contributed by atoms with E-state index in [0.29, 0.717) is 24.9 Å². The molecule has 6 heteroatoms. The van der Waals surface area contributed by atoms with Crippen molar-refractivity contribution in [3.63, 3.8) is 0 Å². The monoisotopic (exact) mass is 218 g/mol. The van der Waals surface area contributed by atoms with Crippen LogP contribution in [0.3, 0.4) is 0 Å². The summed E-state index contributed by atoms with van der Waals surface area (Å²) in [5.74, 6) is 0.981. The van der Waals surface area contributed by atoms with Crippen LogP contribution < -0.4 is 0 Å². The summed E-state index contributed by atoms with van der Waals surface area (Å²) in [6.07, 6.45) is 0. The second kappa shape index (κ2) is 4.70. The minimum absolute atomic E-state index is 0.273. The Balaban J connectivity index is 2.67. The van der Waals surface area contributed by atoms with Crippen molar-refractivity contribution in [2.75, 3.05) is 6.61 Å². The Kier molecular flexibility index (Phi) is 3.83. The number of halogens is 1. The predicted octanol–water partition coefficient (Wildman–Crippen LogP) is 1.23. The number of alkyl halides is 1. The van der Waals surface area contributed by atoms with E-state index in [2.05, 4.69) is 15.5 Å². The van der Waals surface area contributed by atoms with Gasteiger partial charge < -0.3 is 4.74 Å². The largest absolute Gasteiger partial charge is 0.374 e. The highest BCUT2D eigenvalue weighted by Gasteiger charge is 2.20. The van der Waals surface area contributed by atoms with E-state index in [4.69, 9.17) is 16.3 Å². The molecule has 0 bridgehead atoms. The smallest absolute Gasteiger partial charge is 0.166 e. The van der Waals surface area contributed by atoms with Crippen molar-refractivity contribution in [3.05, 3.63) is 5.82 Å². The summed E-state index contributed by atoms with van der Waals surface area (Å²) in [6.45, 7) is 7.23. The lowest BCUT2D eigenvalue weighted by molar-refractivity contribution is -0.0254. The molecule has 1 heterocycles. The summed E-state index contributed by atoms with van der Waals surface area (Å²) in [5.41, 5.74) is -0.273. The molecule has 0 radical (unpaired) electrons. The number of rotatable bonds is 5. The lowest BCUT2D eigenvalue weighted by Gasteiger charge is -2.24. The molecule has 0 spiro atoms. The molecular formula is C8H15ClN4O. The summed E-state index contributed by atoms with van der Waals surface area (Å²) < 4.78 is 7.21. The third-order valence-corrected chi connectivity index (χ3v) is 2.03. The first-order chi connectivity index (χ1) is 6.59. The van der Waals surface area contributed by atoms with Crippen LogP contribution in [-0.4, -0.2) is 32.4 Å². The maximum absolute atomic E-state index is 5.68. The Labute approximate surface area is 88.4 Å². The normalized spacial score (nSPS) is 12.0. The molecule has 0 saturated heterocycles. The van der Waals surface area contributed by atoms with E-state index in [1.54, 1.807) is 4.68 Å². The van der Waals surface area contributed by atoms with Gasteiger partial charge in [0.1, 0.15) is 0 Å². The molecule has 1 rings (SSSR count). The van der Waals surface area contributed by atoms with Gasteiger partial charge in [0.05, 0.1) is 18.0 Å². The van der Waals surface area contributed by atoms with Gasteiger partial charge in [0.15, 0.2) is 5.82 Å². The molecule has 0 N–H and O–H groups in total. The Morgan fingerprint density at radius 1 is 1.50 bits per heavy atom. The van der Waals surface area contributed by atoms with Crippen molar-refractivity contribution in [3.8, 4) is 0 Å². The fourth-order valence-corrected chi connectivity index (χ4v) is 1.43. The van der Waals surface area contributed by atoms with Gasteiger partial charge in [-0.1, -0.05) is 0 Å². The van der Waals surface area contributed by atoms with Crippen LogP contribution in [0.2, 0.25) is 0 Å². The molecule has 14 heavy (non-hydrogen) atoms. The van der Waals surface area contributed by atoms with Crippen molar-refractivity contribution in [1.29, 1.82) is 0 Å². The van der Waals surface area contributed by atoms with E-state index in [9.17, 15) is 0 Å². The van der Waals surface area contributed by atoms with Gasteiger partial charge in [0.2, 0.25) is 0 Å². The number of hydrogen-bond donors (Lipinski definition) is 0. The van der Waals surface area contributed by atoms with Crippen LogP contribution in [0.5, 0.6) is 0 Å². The van der Waals surface area contributed by atoms with Crippen molar-refractivity contribution in [2.45, 2.75) is 38.8 Å². The summed E-state index contributed by atoms with van der Waals surface area (Å²) in [6, 6.07) is 0. The first-order valence-electron chi connectivity index (χ1n) is 4.54. The van der Waals surface area contributed by atoms with Crippen molar-refractivity contribution in [2.24, 2.45) is 0 Å². The van der Waals surface area contributed by atoms with Crippen molar-refractivity contribution >= 4 is 11.6 Å². The second-order valence-electron chi connectivity index (χ2n) is 3.58. The van der Waals surface area contributed by atoms with Crippen molar-refractivity contribution < 1.29 is 4.74 Å². The fourth-order valence-electron chi connectivity index (χ4n) is 1.24. The van der Waals surface area contributed by atoms with Gasteiger partial charge in [-0.05, 0) is 31.2 Å². The Hall–Kier alpha value is -0.680. The molecule has 1 aromatic rings. The molecule has 0 aliphatic carbocycles. The summed E-state index contributed by atoms with van der Waals surface area (Å²) in [7, 11) is 0. The molecule has 0 aliphatic heterocycles. The standard InChI is InChI=1S/C8H15ClN4O/c1-4-14-8(2,3)6-13-7(5-9)10-11-12-13/h4-6H2,1-3H3. The third-order valence-electron chi connectivity index (χ3n) is 1.79. The highest BCUT2D eigenvalue weighted by Crippen LogP contribution is 2.12. The van der Waals surface area contributed by atoms with Gasteiger partial charge in [-0.15, -0.1) is 16.7 Å². The summed E-state index contributed by atoms with van der Waals surface area (Å²) in [4.78, 5) is 0. The Bertz CT molecular complexity index is 287. The number of aromatic nitrogens is 4. The van der Waals surface area contributed by atoms with Gasteiger partial charge in [0, 0.05) is 6.61 Å². The summed E-state index contributed by atoms with van der Waals surface area (Å²) >= 11 is 5.68. The molecule has 5 nitrogen and oxygen atoms in total. The fraction of sp³-hybridized carbons (Fsp3) is 0.875. The second-order valence-corrected chi connectivity index (χ2v) is 3.85. The SMILES string of the molecule is CCOC(C)(C)Cn1nnnc1CCl. The topological polar surface area (TPSA) is 52.8 Å². The number of ether oxygens (including phenoxy) is 1. The van der Waals surface area contributed by atoms with E-state index in [1.807, 2.05) is 20.8 Å². The molecule has 0 atom stereocenters.